The predicted octanol–water partition coefficient (Wildman–Crippen LogP) is 0.863. The van der Waals surface area contributed by atoms with E-state index in [-0.39, 0.29) is 35.7 Å². The van der Waals surface area contributed by atoms with E-state index in [1.165, 1.54) is 9.21 Å². The molecule has 0 aromatic carbocycles. The van der Waals surface area contributed by atoms with Crippen molar-refractivity contribution < 1.29 is 18.0 Å². The minimum atomic E-state index is -3.24. The van der Waals surface area contributed by atoms with Crippen molar-refractivity contribution in [3.63, 3.8) is 0 Å². The van der Waals surface area contributed by atoms with Crippen LogP contribution in [0, 0.1) is 5.92 Å². The molecule has 7 nitrogen and oxygen atoms in total. The standard InChI is InChI=1S/C15H25N3O4S/c1-11(2)10-23(21,22)16-8-5-12(6-9-16)18-14(19)13-4-3-7-17(13)15(18)20/h11-13H,3-10H2,1-2H3. The summed E-state index contributed by atoms with van der Waals surface area (Å²) in [6, 6.07) is -0.614. The van der Waals surface area contributed by atoms with Crippen LogP contribution in [0.3, 0.4) is 0 Å². The fourth-order valence-corrected chi connectivity index (χ4v) is 5.71. The number of urea groups is 1. The first-order chi connectivity index (χ1) is 10.8. The van der Waals surface area contributed by atoms with E-state index < -0.39 is 10.0 Å². The summed E-state index contributed by atoms with van der Waals surface area (Å²) in [6.07, 6.45) is 2.72. The number of carbonyl (C=O) groups is 2. The van der Waals surface area contributed by atoms with Crippen molar-refractivity contribution in [3.8, 4) is 0 Å². The molecule has 0 bridgehead atoms. The van der Waals surface area contributed by atoms with Gasteiger partial charge >= 0.3 is 6.03 Å². The van der Waals surface area contributed by atoms with Crippen LogP contribution in [0.2, 0.25) is 0 Å². The number of sulfonamides is 1. The van der Waals surface area contributed by atoms with Gasteiger partial charge in [0, 0.05) is 25.7 Å². The topological polar surface area (TPSA) is 78.0 Å². The van der Waals surface area contributed by atoms with Gasteiger partial charge in [-0.05, 0) is 31.6 Å². The van der Waals surface area contributed by atoms with E-state index in [0.717, 1.165) is 12.8 Å². The van der Waals surface area contributed by atoms with Crippen molar-refractivity contribution >= 4 is 22.0 Å². The molecule has 0 radical (unpaired) electrons. The van der Waals surface area contributed by atoms with Crippen molar-refractivity contribution in [3.05, 3.63) is 0 Å². The number of nitrogens with zero attached hydrogens (tertiary/aromatic N) is 3. The van der Waals surface area contributed by atoms with Gasteiger partial charge in [0.15, 0.2) is 0 Å². The third-order valence-corrected chi connectivity index (χ3v) is 7.19. The molecule has 0 saturated carbocycles. The van der Waals surface area contributed by atoms with Gasteiger partial charge in [-0.25, -0.2) is 17.5 Å². The Morgan fingerprint density at radius 2 is 1.74 bits per heavy atom. The predicted molar refractivity (Wildman–Crippen MR) is 85.2 cm³/mol. The second-order valence-corrected chi connectivity index (χ2v) is 9.16. The van der Waals surface area contributed by atoms with E-state index in [4.69, 9.17) is 0 Å². The van der Waals surface area contributed by atoms with Crippen LogP contribution in [0.4, 0.5) is 4.79 Å². The fourth-order valence-electron chi connectivity index (χ4n) is 3.89. The molecule has 3 amide bonds. The summed E-state index contributed by atoms with van der Waals surface area (Å²) in [7, 11) is -3.24. The van der Waals surface area contributed by atoms with E-state index in [9.17, 15) is 18.0 Å². The van der Waals surface area contributed by atoms with Crippen LogP contribution in [-0.2, 0) is 14.8 Å². The molecule has 0 spiro atoms. The number of amides is 3. The van der Waals surface area contributed by atoms with E-state index in [2.05, 4.69) is 0 Å². The molecule has 3 rings (SSSR count). The maximum absolute atomic E-state index is 12.5. The molecule has 0 aliphatic carbocycles. The fraction of sp³-hybridized carbons (Fsp3) is 0.867. The molecule has 1 unspecified atom stereocenters. The molecule has 0 aromatic heterocycles. The Morgan fingerprint density at radius 1 is 1.09 bits per heavy atom. The Kier molecular flexibility index (Phi) is 4.39. The first-order valence-corrected chi connectivity index (χ1v) is 10.0. The summed E-state index contributed by atoms with van der Waals surface area (Å²) in [4.78, 5) is 27.9. The number of carbonyl (C=O) groups excluding carboxylic acids is 2. The monoisotopic (exact) mass is 343 g/mol. The van der Waals surface area contributed by atoms with Crippen molar-refractivity contribution in [1.29, 1.82) is 0 Å². The maximum atomic E-state index is 12.5. The molecule has 3 heterocycles. The SMILES string of the molecule is CC(C)CS(=O)(=O)N1CCC(N2C(=O)C3CCCN3C2=O)CC1. The Bertz CT molecular complexity index is 574. The summed E-state index contributed by atoms with van der Waals surface area (Å²) >= 11 is 0. The van der Waals surface area contributed by atoms with Crippen LogP contribution < -0.4 is 0 Å². The summed E-state index contributed by atoms with van der Waals surface area (Å²) in [5.41, 5.74) is 0. The van der Waals surface area contributed by atoms with Crippen LogP contribution in [-0.4, -0.2) is 71.9 Å². The number of rotatable bonds is 4. The highest BCUT2D eigenvalue weighted by Crippen LogP contribution is 2.31. The van der Waals surface area contributed by atoms with E-state index >= 15 is 0 Å². The van der Waals surface area contributed by atoms with Crippen LogP contribution in [0.5, 0.6) is 0 Å². The van der Waals surface area contributed by atoms with Gasteiger partial charge < -0.3 is 4.90 Å². The van der Waals surface area contributed by atoms with E-state index in [0.29, 0.717) is 32.5 Å². The van der Waals surface area contributed by atoms with Crippen LogP contribution in [0.15, 0.2) is 0 Å². The van der Waals surface area contributed by atoms with Gasteiger partial charge in [-0.1, -0.05) is 13.8 Å². The zero-order valence-electron chi connectivity index (χ0n) is 13.8. The van der Waals surface area contributed by atoms with E-state index in [1.807, 2.05) is 13.8 Å². The second kappa shape index (κ2) is 6.05. The Labute approximate surface area is 137 Å². The zero-order valence-corrected chi connectivity index (χ0v) is 14.6. The highest BCUT2D eigenvalue weighted by atomic mass is 32.2. The van der Waals surface area contributed by atoms with Gasteiger partial charge in [0.2, 0.25) is 10.0 Å². The van der Waals surface area contributed by atoms with Gasteiger partial charge in [0.25, 0.3) is 5.91 Å². The van der Waals surface area contributed by atoms with Crippen LogP contribution in [0.25, 0.3) is 0 Å². The highest BCUT2D eigenvalue weighted by Gasteiger charge is 2.50. The lowest BCUT2D eigenvalue weighted by Gasteiger charge is -2.35. The first-order valence-electron chi connectivity index (χ1n) is 8.43. The number of hydrogen-bond donors (Lipinski definition) is 0. The van der Waals surface area contributed by atoms with Crippen molar-refractivity contribution in [2.45, 2.75) is 51.6 Å². The van der Waals surface area contributed by atoms with Gasteiger partial charge in [-0.2, -0.15) is 0 Å². The Balaban J connectivity index is 1.64. The average Bonchev–Trinajstić information content (AvgIpc) is 3.03. The smallest absolute Gasteiger partial charge is 0.312 e. The van der Waals surface area contributed by atoms with Gasteiger partial charge in [-0.3, -0.25) is 9.69 Å². The minimum Gasteiger partial charge on any atom is -0.312 e. The number of imide groups is 1. The minimum absolute atomic E-state index is 0.0870. The zero-order chi connectivity index (χ0) is 16.8. The molecule has 1 atom stereocenters. The Hall–Kier alpha value is -1.15. The van der Waals surface area contributed by atoms with E-state index in [1.54, 1.807) is 4.90 Å². The molecule has 8 heteroatoms. The normalized spacial score (nSPS) is 27.3. The van der Waals surface area contributed by atoms with Gasteiger partial charge in [0.1, 0.15) is 6.04 Å². The summed E-state index contributed by atoms with van der Waals surface area (Å²) < 4.78 is 26.1. The lowest BCUT2D eigenvalue weighted by Crippen LogP contribution is -2.50. The van der Waals surface area contributed by atoms with Crippen molar-refractivity contribution in [2.75, 3.05) is 25.4 Å². The highest BCUT2D eigenvalue weighted by molar-refractivity contribution is 7.89. The lowest BCUT2D eigenvalue weighted by molar-refractivity contribution is -0.129. The third-order valence-electron chi connectivity index (χ3n) is 4.95. The van der Waals surface area contributed by atoms with Gasteiger partial charge in [-0.15, -0.1) is 0 Å². The quantitative estimate of drug-likeness (QED) is 0.710. The molecule has 3 fully saturated rings. The molecule has 3 aliphatic heterocycles. The van der Waals surface area contributed by atoms with Crippen molar-refractivity contribution in [2.24, 2.45) is 5.92 Å². The molecular formula is C15H25N3O4S. The Morgan fingerprint density at radius 3 is 2.30 bits per heavy atom. The van der Waals surface area contributed by atoms with Gasteiger partial charge in [0.05, 0.1) is 5.75 Å². The first kappa shape index (κ1) is 16.7. The molecular weight excluding hydrogens is 318 g/mol. The van der Waals surface area contributed by atoms with Crippen molar-refractivity contribution in [1.82, 2.24) is 14.1 Å². The number of piperidine rings is 1. The largest absolute Gasteiger partial charge is 0.327 e. The number of hydrogen-bond acceptors (Lipinski definition) is 4. The summed E-state index contributed by atoms with van der Waals surface area (Å²) in [5, 5.41) is 0. The van der Waals surface area contributed by atoms with Crippen LogP contribution >= 0.6 is 0 Å². The summed E-state index contributed by atoms with van der Waals surface area (Å²) in [6.45, 7) is 5.22. The molecule has 3 saturated heterocycles. The lowest BCUT2D eigenvalue weighted by atomic mass is 10.0. The van der Waals surface area contributed by atoms with Crippen LogP contribution in [0.1, 0.15) is 39.5 Å². The molecule has 0 N–H and O–H groups in total. The molecule has 3 aliphatic rings. The summed E-state index contributed by atoms with van der Waals surface area (Å²) in [5.74, 6) is 0.150. The molecule has 130 valence electrons. The average molecular weight is 343 g/mol. The third kappa shape index (κ3) is 2.98. The number of fused-ring (bicyclic) bond motifs is 1. The maximum Gasteiger partial charge on any atom is 0.327 e. The molecule has 23 heavy (non-hydrogen) atoms. The molecule has 0 aromatic rings. The second-order valence-electron chi connectivity index (χ2n) is 7.14.